The van der Waals surface area contributed by atoms with E-state index < -0.39 is 11.2 Å². The van der Waals surface area contributed by atoms with Gasteiger partial charge < -0.3 is 19.3 Å². The zero-order valence-corrected chi connectivity index (χ0v) is 16.0. The van der Waals surface area contributed by atoms with Crippen molar-refractivity contribution >= 4 is 6.09 Å². The van der Waals surface area contributed by atoms with Crippen LogP contribution in [-0.4, -0.2) is 59.7 Å². The van der Waals surface area contributed by atoms with Crippen LogP contribution in [0.1, 0.15) is 39.2 Å². The number of benzene rings is 1. The fourth-order valence-electron chi connectivity index (χ4n) is 3.99. The van der Waals surface area contributed by atoms with E-state index in [0.717, 1.165) is 11.3 Å². The molecule has 2 aliphatic heterocycles. The van der Waals surface area contributed by atoms with Crippen molar-refractivity contribution in [3.8, 4) is 5.75 Å². The number of hydrogen-bond donors (Lipinski definition) is 1. The molecule has 3 rings (SSSR count). The van der Waals surface area contributed by atoms with Crippen LogP contribution in [0.2, 0.25) is 0 Å². The van der Waals surface area contributed by atoms with Crippen molar-refractivity contribution in [1.29, 1.82) is 0 Å². The molecule has 2 unspecified atom stereocenters. The molecule has 0 aliphatic carbocycles. The van der Waals surface area contributed by atoms with E-state index in [1.807, 2.05) is 45.0 Å². The third-order valence-electron chi connectivity index (χ3n) is 4.91. The Kier molecular flexibility index (Phi) is 5.17. The topological polar surface area (TPSA) is 68.2 Å². The molecule has 2 fully saturated rings. The van der Waals surface area contributed by atoms with Crippen LogP contribution in [0.3, 0.4) is 0 Å². The molecular weight excluding hydrogens is 334 g/mol. The molecule has 2 heterocycles. The van der Waals surface area contributed by atoms with Gasteiger partial charge >= 0.3 is 6.09 Å². The van der Waals surface area contributed by atoms with Gasteiger partial charge in [0, 0.05) is 6.42 Å². The fraction of sp³-hybridized carbons (Fsp3) is 0.650. The number of carbonyl (C=O) groups is 1. The summed E-state index contributed by atoms with van der Waals surface area (Å²) in [6.07, 6.45) is 1.15. The Labute approximate surface area is 155 Å². The molecule has 2 aliphatic rings. The molecule has 0 spiro atoms. The highest BCUT2D eigenvalue weighted by Gasteiger charge is 2.49. The summed E-state index contributed by atoms with van der Waals surface area (Å²) in [5, 5.41) is 11.3. The highest BCUT2D eigenvalue weighted by molar-refractivity contribution is 5.69. The maximum atomic E-state index is 12.6. The number of ether oxygens (including phenoxy) is 3. The molecule has 0 saturated carbocycles. The van der Waals surface area contributed by atoms with Crippen molar-refractivity contribution in [3.63, 3.8) is 0 Å². The molecule has 1 N–H and O–H groups in total. The lowest BCUT2D eigenvalue weighted by Gasteiger charge is -2.51. The molecule has 26 heavy (non-hydrogen) atoms. The molecule has 1 aromatic rings. The maximum absolute atomic E-state index is 12.6. The second-order valence-electron chi connectivity index (χ2n) is 8.39. The summed E-state index contributed by atoms with van der Waals surface area (Å²) in [4.78, 5) is 14.4. The number of amides is 1. The molecule has 6 nitrogen and oxygen atoms in total. The van der Waals surface area contributed by atoms with Crippen molar-refractivity contribution in [2.24, 2.45) is 0 Å². The Morgan fingerprint density at radius 1 is 1.31 bits per heavy atom. The van der Waals surface area contributed by atoms with Crippen LogP contribution in [0.15, 0.2) is 24.3 Å². The predicted octanol–water partition coefficient (Wildman–Crippen LogP) is 2.77. The summed E-state index contributed by atoms with van der Waals surface area (Å²) < 4.78 is 16.5. The summed E-state index contributed by atoms with van der Waals surface area (Å²) in [5.41, 5.74) is -0.388. The van der Waals surface area contributed by atoms with Gasteiger partial charge in [0.15, 0.2) is 0 Å². The quantitative estimate of drug-likeness (QED) is 0.894. The summed E-state index contributed by atoms with van der Waals surface area (Å²) >= 11 is 0. The van der Waals surface area contributed by atoms with E-state index in [1.165, 1.54) is 0 Å². The van der Waals surface area contributed by atoms with Crippen LogP contribution >= 0.6 is 0 Å². The lowest BCUT2D eigenvalue weighted by atomic mass is 9.78. The average Bonchev–Trinajstić information content (AvgIpc) is 2.52. The van der Waals surface area contributed by atoms with E-state index in [4.69, 9.17) is 14.2 Å². The van der Waals surface area contributed by atoms with Crippen molar-refractivity contribution in [2.75, 3.05) is 20.3 Å². The number of carbonyl (C=O) groups excluding carboxylic acids is 1. The molecule has 6 heteroatoms. The minimum Gasteiger partial charge on any atom is -0.497 e. The van der Waals surface area contributed by atoms with Gasteiger partial charge in [-0.2, -0.15) is 0 Å². The van der Waals surface area contributed by atoms with Crippen molar-refractivity contribution in [2.45, 2.75) is 63.3 Å². The third kappa shape index (κ3) is 4.30. The Morgan fingerprint density at radius 2 is 1.96 bits per heavy atom. The summed E-state index contributed by atoms with van der Waals surface area (Å²) in [6.45, 7) is 6.44. The van der Waals surface area contributed by atoms with E-state index in [0.29, 0.717) is 32.5 Å². The number of hydrogen-bond acceptors (Lipinski definition) is 5. The number of piperidine rings is 1. The van der Waals surface area contributed by atoms with Gasteiger partial charge in [0.1, 0.15) is 11.4 Å². The summed E-state index contributed by atoms with van der Waals surface area (Å²) in [6, 6.07) is 7.41. The van der Waals surface area contributed by atoms with Crippen LogP contribution in [0.5, 0.6) is 5.75 Å². The largest absolute Gasteiger partial charge is 0.497 e. The Hall–Kier alpha value is -1.79. The molecule has 0 aromatic heterocycles. The number of nitrogens with zero attached hydrogens (tertiary/aromatic N) is 1. The minimum absolute atomic E-state index is 0.173. The second kappa shape index (κ2) is 7.08. The van der Waals surface area contributed by atoms with Gasteiger partial charge in [-0.15, -0.1) is 0 Å². The smallest absolute Gasteiger partial charge is 0.410 e. The average molecular weight is 363 g/mol. The van der Waals surface area contributed by atoms with Crippen LogP contribution < -0.4 is 4.74 Å². The maximum Gasteiger partial charge on any atom is 0.410 e. The highest BCUT2D eigenvalue weighted by Crippen LogP contribution is 2.37. The molecule has 144 valence electrons. The van der Waals surface area contributed by atoms with Gasteiger partial charge in [-0.25, -0.2) is 4.79 Å². The second-order valence-corrected chi connectivity index (χ2v) is 8.39. The molecule has 1 aromatic carbocycles. The zero-order valence-electron chi connectivity index (χ0n) is 16.0. The fourth-order valence-corrected chi connectivity index (χ4v) is 3.99. The van der Waals surface area contributed by atoms with Gasteiger partial charge in [0.05, 0.1) is 38.0 Å². The van der Waals surface area contributed by atoms with Crippen LogP contribution in [0, 0.1) is 0 Å². The van der Waals surface area contributed by atoms with Gasteiger partial charge in [-0.05, 0) is 51.3 Å². The Bertz CT molecular complexity index is 640. The first-order chi connectivity index (χ1) is 12.2. The standard InChI is InChI=1S/C20H29NO5/c1-19(2,3)26-18(22)21-15-10-20(23,11-16(21)13-25-12-15)9-14-6-5-7-17(8-14)24-4/h5-8,15-16,23H,9-13H2,1-4H3. The highest BCUT2D eigenvalue weighted by atomic mass is 16.6. The number of rotatable bonds is 3. The third-order valence-corrected chi connectivity index (χ3v) is 4.91. The first-order valence-corrected chi connectivity index (χ1v) is 9.13. The van der Waals surface area contributed by atoms with Crippen LogP contribution in [0.25, 0.3) is 0 Å². The molecule has 0 radical (unpaired) electrons. The first kappa shape index (κ1) is 19.0. The van der Waals surface area contributed by atoms with Crippen LogP contribution in [0.4, 0.5) is 4.79 Å². The number of methoxy groups -OCH3 is 1. The zero-order chi connectivity index (χ0) is 18.9. The van der Waals surface area contributed by atoms with E-state index in [9.17, 15) is 9.90 Å². The Balaban J connectivity index is 1.74. The van der Waals surface area contributed by atoms with E-state index >= 15 is 0 Å². The first-order valence-electron chi connectivity index (χ1n) is 9.13. The van der Waals surface area contributed by atoms with Gasteiger partial charge in [0.2, 0.25) is 0 Å². The minimum atomic E-state index is -0.871. The van der Waals surface area contributed by atoms with Gasteiger partial charge in [-0.1, -0.05) is 12.1 Å². The van der Waals surface area contributed by atoms with Gasteiger partial charge in [-0.3, -0.25) is 4.90 Å². The molecular formula is C20H29NO5. The molecule has 2 bridgehead atoms. The Morgan fingerprint density at radius 3 is 2.54 bits per heavy atom. The van der Waals surface area contributed by atoms with Gasteiger partial charge in [0.25, 0.3) is 0 Å². The molecule has 2 atom stereocenters. The molecule has 1 amide bonds. The lowest BCUT2D eigenvalue weighted by Crippen LogP contribution is -2.64. The van der Waals surface area contributed by atoms with E-state index in [1.54, 1.807) is 12.0 Å². The van der Waals surface area contributed by atoms with Crippen molar-refractivity contribution in [1.82, 2.24) is 4.90 Å². The van der Waals surface area contributed by atoms with E-state index in [2.05, 4.69) is 0 Å². The SMILES string of the molecule is COc1cccc(CC2(O)CC3COCC(C2)N3C(=O)OC(C)(C)C)c1. The number of aliphatic hydroxyl groups is 1. The monoisotopic (exact) mass is 363 g/mol. The summed E-state index contributed by atoms with van der Waals surface area (Å²) in [7, 11) is 1.63. The number of morpholine rings is 1. The van der Waals surface area contributed by atoms with Crippen molar-refractivity contribution < 1.29 is 24.1 Å². The van der Waals surface area contributed by atoms with E-state index in [-0.39, 0.29) is 18.2 Å². The lowest BCUT2D eigenvalue weighted by molar-refractivity contribution is -0.137. The van der Waals surface area contributed by atoms with Crippen LogP contribution in [-0.2, 0) is 15.9 Å². The molecule has 2 saturated heterocycles. The normalized spacial score (nSPS) is 28.6. The summed E-state index contributed by atoms with van der Waals surface area (Å²) in [5.74, 6) is 0.779. The number of fused-ring (bicyclic) bond motifs is 2. The van der Waals surface area contributed by atoms with Crippen molar-refractivity contribution in [3.05, 3.63) is 29.8 Å². The predicted molar refractivity (Wildman–Crippen MR) is 97.3 cm³/mol.